The number of hydrogen-bond acceptors (Lipinski definition) is 3. The van der Waals surface area contributed by atoms with E-state index in [4.69, 9.17) is 0 Å². The van der Waals surface area contributed by atoms with Crippen LogP contribution >= 0.6 is 0 Å². The molecular weight excluding hydrogens is 334 g/mol. The van der Waals surface area contributed by atoms with Crippen molar-refractivity contribution in [2.75, 3.05) is 5.75 Å². The fourth-order valence-corrected chi connectivity index (χ4v) is 2.77. The van der Waals surface area contributed by atoms with E-state index in [0.29, 0.717) is 11.1 Å². The molecule has 0 aliphatic carbocycles. The minimum Gasteiger partial charge on any atom is -0.294 e. The average molecular weight is 348 g/mol. The predicted octanol–water partition coefficient (Wildman–Crippen LogP) is 3.63. The number of carbonyl (C=O) groups is 1. The van der Waals surface area contributed by atoms with Crippen molar-refractivity contribution in [3.63, 3.8) is 0 Å². The van der Waals surface area contributed by atoms with Crippen molar-refractivity contribution in [2.24, 2.45) is 0 Å². The SMILES string of the molecule is O=C(/C=C\c1ccc(F)cc1)CS(=O)(=O)C=Cc1ccc(F)cc1. The van der Waals surface area contributed by atoms with E-state index < -0.39 is 33.0 Å². The van der Waals surface area contributed by atoms with Gasteiger partial charge in [0.15, 0.2) is 15.6 Å². The van der Waals surface area contributed by atoms with Crippen LogP contribution in [-0.4, -0.2) is 20.0 Å². The monoisotopic (exact) mass is 348 g/mol. The molecule has 0 aliphatic heterocycles. The molecule has 0 aromatic heterocycles. The van der Waals surface area contributed by atoms with E-state index in [1.807, 2.05) is 0 Å². The van der Waals surface area contributed by atoms with Crippen LogP contribution in [0.25, 0.3) is 12.2 Å². The summed E-state index contributed by atoms with van der Waals surface area (Å²) in [4.78, 5) is 11.7. The number of sulfone groups is 1. The zero-order valence-corrected chi connectivity index (χ0v) is 13.3. The van der Waals surface area contributed by atoms with Gasteiger partial charge >= 0.3 is 0 Å². The Morgan fingerprint density at radius 2 is 1.29 bits per heavy atom. The highest BCUT2D eigenvalue weighted by Gasteiger charge is 2.11. The van der Waals surface area contributed by atoms with Crippen molar-refractivity contribution in [2.45, 2.75) is 0 Å². The second-order valence-corrected chi connectivity index (χ2v) is 6.90. The lowest BCUT2D eigenvalue weighted by atomic mass is 10.2. The summed E-state index contributed by atoms with van der Waals surface area (Å²) in [6, 6.07) is 10.7. The van der Waals surface area contributed by atoms with E-state index in [1.54, 1.807) is 0 Å². The summed E-state index contributed by atoms with van der Waals surface area (Å²) in [7, 11) is -3.74. The Morgan fingerprint density at radius 1 is 0.833 bits per heavy atom. The van der Waals surface area contributed by atoms with Gasteiger partial charge in [-0.15, -0.1) is 0 Å². The van der Waals surface area contributed by atoms with Crippen LogP contribution in [0.2, 0.25) is 0 Å². The Bertz CT molecular complexity index is 865. The summed E-state index contributed by atoms with van der Waals surface area (Å²) in [5.41, 5.74) is 1.10. The second-order valence-electron chi connectivity index (χ2n) is 5.01. The molecule has 24 heavy (non-hydrogen) atoms. The normalized spacial score (nSPS) is 12.1. The maximum Gasteiger partial charge on any atom is 0.179 e. The Kier molecular flexibility index (Phi) is 5.76. The summed E-state index contributed by atoms with van der Waals surface area (Å²) < 4.78 is 49.3. The molecule has 0 spiro atoms. The van der Waals surface area contributed by atoms with Gasteiger partial charge in [0, 0.05) is 5.41 Å². The van der Waals surface area contributed by atoms with E-state index in [1.165, 1.54) is 60.7 Å². The third-order valence-corrected chi connectivity index (χ3v) is 4.25. The van der Waals surface area contributed by atoms with Crippen LogP contribution in [0.4, 0.5) is 8.78 Å². The van der Waals surface area contributed by atoms with Gasteiger partial charge in [0.25, 0.3) is 0 Å². The van der Waals surface area contributed by atoms with Crippen molar-refractivity contribution >= 4 is 27.8 Å². The molecular formula is C18H14F2O3S. The molecule has 0 aliphatic rings. The number of halogens is 2. The molecule has 2 rings (SSSR count). The highest BCUT2D eigenvalue weighted by molar-refractivity contribution is 7.95. The first-order valence-corrected chi connectivity index (χ1v) is 8.68. The number of benzene rings is 2. The molecule has 124 valence electrons. The molecule has 0 heterocycles. The smallest absolute Gasteiger partial charge is 0.179 e. The van der Waals surface area contributed by atoms with Crippen LogP contribution in [0.15, 0.2) is 60.0 Å². The number of ketones is 1. The van der Waals surface area contributed by atoms with Crippen molar-refractivity contribution in [1.82, 2.24) is 0 Å². The first-order valence-electron chi connectivity index (χ1n) is 6.97. The minimum absolute atomic E-state index is 0.396. The molecule has 0 atom stereocenters. The lowest BCUT2D eigenvalue weighted by Gasteiger charge is -1.97. The molecule has 6 heteroatoms. The topological polar surface area (TPSA) is 51.2 Å². The van der Waals surface area contributed by atoms with Crippen LogP contribution < -0.4 is 0 Å². The van der Waals surface area contributed by atoms with Crippen LogP contribution in [0.1, 0.15) is 11.1 Å². The summed E-state index contributed by atoms with van der Waals surface area (Å²) >= 11 is 0. The molecule has 0 bridgehead atoms. The highest BCUT2D eigenvalue weighted by atomic mass is 32.2. The fraction of sp³-hybridized carbons (Fsp3) is 0.0556. The van der Waals surface area contributed by atoms with Crippen molar-refractivity contribution in [3.05, 3.63) is 82.8 Å². The van der Waals surface area contributed by atoms with Gasteiger partial charge < -0.3 is 0 Å². The van der Waals surface area contributed by atoms with Gasteiger partial charge in [-0.3, -0.25) is 4.79 Å². The van der Waals surface area contributed by atoms with Gasteiger partial charge in [0.1, 0.15) is 17.4 Å². The van der Waals surface area contributed by atoms with E-state index in [2.05, 4.69) is 0 Å². The number of carbonyl (C=O) groups excluding carboxylic acids is 1. The molecule has 0 saturated heterocycles. The van der Waals surface area contributed by atoms with Crippen LogP contribution in [0, 0.1) is 11.6 Å². The Morgan fingerprint density at radius 3 is 1.79 bits per heavy atom. The molecule has 0 unspecified atom stereocenters. The molecule has 0 fully saturated rings. The summed E-state index contributed by atoms with van der Waals surface area (Å²) in [6.45, 7) is 0. The summed E-state index contributed by atoms with van der Waals surface area (Å²) in [6.07, 6.45) is 3.85. The Balaban J connectivity index is 1.98. The molecule has 2 aromatic rings. The van der Waals surface area contributed by atoms with Crippen molar-refractivity contribution in [1.29, 1.82) is 0 Å². The number of rotatable bonds is 6. The first kappa shape index (κ1) is 17.7. The Hall–Kier alpha value is -2.60. The molecule has 0 radical (unpaired) electrons. The second kappa shape index (κ2) is 7.79. The lowest BCUT2D eigenvalue weighted by molar-refractivity contribution is -0.112. The molecule has 0 amide bonds. The van der Waals surface area contributed by atoms with Gasteiger partial charge in [-0.1, -0.05) is 30.3 Å². The lowest BCUT2D eigenvalue weighted by Crippen LogP contribution is -2.11. The summed E-state index contributed by atoms with van der Waals surface area (Å²) in [5.74, 6) is -2.09. The maximum absolute atomic E-state index is 12.8. The van der Waals surface area contributed by atoms with Crippen LogP contribution in [0.3, 0.4) is 0 Å². The van der Waals surface area contributed by atoms with Gasteiger partial charge in [-0.25, -0.2) is 17.2 Å². The first-order chi connectivity index (χ1) is 11.3. The fourth-order valence-electron chi connectivity index (χ4n) is 1.81. The van der Waals surface area contributed by atoms with Gasteiger partial charge in [-0.2, -0.15) is 0 Å². The largest absolute Gasteiger partial charge is 0.294 e. The van der Waals surface area contributed by atoms with Crippen LogP contribution in [0.5, 0.6) is 0 Å². The van der Waals surface area contributed by atoms with Gasteiger partial charge in [0.05, 0.1) is 0 Å². The van der Waals surface area contributed by atoms with Gasteiger partial charge in [0.2, 0.25) is 0 Å². The predicted molar refractivity (Wildman–Crippen MR) is 89.7 cm³/mol. The molecule has 3 nitrogen and oxygen atoms in total. The van der Waals surface area contributed by atoms with E-state index in [-0.39, 0.29) is 0 Å². The highest BCUT2D eigenvalue weighted by Crippen LogP contribution is 2.08. The number of allylic oxidation sites excluding steroid dienone is 1. The van der Waals surface area contributed by atoms with Crippen LogP contribution in [-0.2, 0) is 14.6 Å². The maximum atomic E-state index is 12.8. The van der Waals surface area contributed by atoms with E-state index >= 15 is 0 Å². The Labute approximate surface area is 138 Å². The van der Waals surface area contributed by atoms with Crippen molar-refractivity contribution in [3.8, 4) is 0 Å². The average Bonchev–Trinajstić information content (AvgIpc) is 2.53. The van der Waals surface area contributed by atoms with Gasteiger partial charge in [-0.05, 0) is 47.5 Å². The molecule has 0 saturated carbocycles. The number of hydrogen-bond donors (Lipinski definition) is 0. The molecule has 0 N–H and O–H groups in total. The van der Waals surface area contributed by atoms with E-state index in [9.17, 15) is 22.0 Å². The minimum atomic E-state index is -3.74. The third-order valence-electron chi connectivity index (χ3n) is 3.01. The zero-order valence-electron chi connectivity index (χ0n) is 12.5. The summed E-state index contributed by atoms with van der Waals surface area (Å²) in [5, 5.41) is 0.921. The third kappa shape index (κ3) is 5.89. The zero-order chi connectivity index (χ0) is 17.6. The van der Waals surface area contributed by atoms with E-state index in [0.717, 1.165) is 11.5 Å². The standard InChI is InChI=1S/C18H14F2O3S/c19-16-6-1-14(2-7-16)5-10-18(21)13-24(22,23)12-11-15-3-8-17(20)9-4-15/h1-12H,13H2/b10-5-,12-11?. The molecule has 2 aromatic carbocycles. The van der Waals surface area contributed by atoms with Crippen molar-refractivity contribution < 1.29 is 22.0 Å². The quantitative estimate of drug-likeness (QED) is 0.749.